The fourth-order valence-corrected chi connectivity index (χ4v) is 1.09. The van der Waals surface area contributed by atoms with Crippen molar-refractivity contribution in [2.45, 2.75) is 41.7 Å². The second-order valence-corrected chi connectivity index (χ2v) is 4.23. The average Bonchev–Trinajstić information content (AvgIpc) is 2.35. The molecule has 0 amide bonds. The van der Waals surface area contributed by atoms with Gasteiger partial charge < -0.3 is 9.90 Å². The first-order valence-corrected chi connectivity index (χ1v) is 4.99. The van der Waals surface area contributed by atoms with E-state index in [-0.39, 0.29) is 0 Å². The molecular formula is C8F15O2-. The Morgan fingerprint density at radius 3 is 0.960 bits per heavy atom. The minimum atomic E-state index is -8.50. The third-order valence-corrected chi connectivity index (χ3v) is 2.58. The number of carbonyl (C=O) groups excluding carboxylic acids is 1. The molecule has 2 nitrogen and oxygen atoms in total. The van der Waals surface area contributed by atoms with E-state index in [1.807, 2.05) is 0 Å². The predicted molar refractivity (Wildman–Crippen MR) is 40.7 cm³/mol. The number of halogens is 15. The molecule has 0 rings (SSSR count). The average molecular weight is 413 g/mol. The van der Waals surface area contributed by atoms with Gasteiger partial charge in [-0.25, -0.2) is 0 Å². The maximum absolute atomic E-state index is 12.8. The van der Waals surface area contributed by atoms with E-state index >= 15 is 0 Å². The Morgan fingerprint density at radius 2 is 0.720 bits per heavy atom. The molecule has 0 saturated heterocycles. The number of alkyl halides is 15. The Bertz CT molecular complexity index is 530. The lowest BCUT2D eigenvalue weighted by Gasteiger charge is -2.41. The molecule has 0 N–H and O–H groups in total. The molecule has 0 saturated carbocycles. The lowest BCUT2D eigenvalue weighted by molar-refractivity contribution is -0.454. The van der Waals surface area contributed by atoms with E-state index in [0.29, 0.717) is 0 Å². The van der Waals surface area contributed by atoms with Crippen molar-refractivity contribution in [3.05, 3.63) is 0 Å². The number of hydrogen-bond donors (Lipinski definition) is 0. The van der Waals surface area contributed by atoms with Gasteiger partial charge in [0.25, 0.3) is 0 Å². The summed E-state index contributed by atoms with van der Waals surface area (Å²) in [5, 5.41) is 9.61. The predicted octanol–water partition coefficient (Wildman–Crippen LogP) is 3.11. The Morgan fingerprint density at radius 1 is 0.480 bits per heavy atom. The van der Waals surface area contributed by atoms with E-state index in [2.05, 4.69) is 0 Å². The first-order chi connectivity index (χ1) is 10.4. The normalized spacial score (nSPS) is 16.1. The van der Waals surface area contributed by atoms with E-state index in [4.69, 9.17) is 0 Å². The third-order valence-electron chi connectivity index (χ3n) is 2.58. The molecule has 0 bridgehead atoms. The SMILES string of the molecule is O=C([O-])C(F)(F)C(F)(F)C(F)(F)C(F)(F)C(F)(F)C(F)(F)C(F)(F)F. The van der Waals surface area contributed by atoms with Gasteiger partial charge in [0.05, 0.1) is 0 Å². The van der Waals surface area contributed by atoms with Crippen molar-refractivity contribution >= 4 is 5.97 Å². The molecule has 0 heterocycles. The third kappa shape index (κ3) is 2.74. The Labute approximate surface area is 125 Å². The molecule has 0 aliphatic heterocycles. The largest absolute Gasteiger partial charge is 0.544 e. The van der Waals surface area contributed by atoms with Gasteiger partial charge in [0.2, 0.25) is 0 Å². The highest BCUT2D eigenvalue weighted by Crippen LogP contribution is 2.62. The molecule has 0 aromatic rings. The molecule has 0 aromatic heterocycles. The van der Waals surface area contributed by atoms with Crippen LogP contribution >= 0.6 is 0 Å². The fourth-order valence-electron chi connectivity index (χ4n) is 1.09. The second kappa shape index (κ2) is 5.46. The summed E-state index contributed by atoms with van der Waals surface area (Å²) in [6.07, 6.45) is -7.71. The van der Waals surface area contributed by atoms with Crippen LogP contribution in [0.2, 0.25) is 0 Å². The molecule has 0 aliphatic carbocycles. The van der Waals surface area contributed by atoms with E-state index in [1.165, 1.54) is 0 Å². The Kier molecular flexibility index (Phi) is 5.11. The van der Waals surface area contributed by atoms with Gasteiger partial charge >= 0.3 is 41.7 Å². The lowest BCUT2D eigenvalue weighted by atomic mass is 9.91. The summed E-state index contributed by atoms with van der Waals surface area (Å²) in [7, 11) is 0. The number of carboxylic acids is 1. The van der Waals surface area contributed by atoms with Crippen LogP contribution in [0, 0.1) is 0 Å². The van der Waals surface area contributed by atoms with Gasteiger partial charge in [-0.3, -0.25) is 0 Å². The molecule has 0 spiro atoms. The first-order valence-electron chi connectivity index (χ1n) is 4.99. The van der Waals surface area contributed by atoms with Crippen LogP contribution < -0.4 is 5.11 Å². The maximum atomic E-state index is 12.8. The summed E-state index contributed by atoms with van der Waals surface area (Å²) in [4.78, 5) is 9.61. The molecule has 0 radical (unpaired) electrons. The van der Waals surface area contributed by atoms with Gasteiger partial charge in [0.15, 0.2) is 0 Å². The van der Waals surface area contributed by atoms with E-state index in [0.717, 1.165) is 0 Å². The summed E-state index contributed by atoms with van der Waals surface area (Å²) >= 11 is 0. The monoisotopic (exact) mass is 413 g/mol. The second-order valence-electron chi connectivity index (χ2n) is 4.23. The summed E-state index contributed by atoms with van der Waals surface area (Å²) in [6, 6.07) is 0. The van der Waals surface area contributed by atoms with Gasteiger partial charge in [-0.2, -0.15) is 65.9 Å². The van der Waals surface area contributed by atoms with Crippen molar-refractivity contribution in [2.75, 3.05) is 0 Å². The van der Waals surface area contributed by atoms with Crippen LogP contribution in [-0.4, -0.2) is 47.7 Å². The highest BCUT2D eigenvalue weighted by Gasteiger charge is 2.93. The molecule has 25 heavy (non-hydrogen) atoms. The van der Waals surface area contributed by atoms with E-state index < -0.39 is 47.7 Å². The minimum absolute atomic E-state index is 4.53. The molecule has 0 aliphatic rings. The van der Waals surface area contributed by atoms with E-state index in [1.54, 1.807) is 0 Å². The minimum Gasteiger partial charge on any atom is -0.544 e. The Balaban J connectivity index is 6.55. The number of carboxylic acid groups (broad SMARTS) is 1. The van der Waals surface area contributed by atoms with Crippen molar-refractivity contribution in [1.29, 1.82) is 0 Å². The highest BCUT2D eigenvalue weighted by atomic mass is 19.4. The summed E-state index contributed by atoms with van der Waals surface area (Å²) in [5.74, 6) is -53.3. The zero-order valence-electron chi connectivity index (χ0n) is 10.5. The summed E-state index contributed by atoms with van der Waals surface area (Å²) in [5.41, 5.74) is 0. The molecule has 0 unspecified atom stereocenters. The van der Waals surface area contributed by atoms with Gasteiger partial charge in [-0.05, 0) is 0 Å². The van der Waals surface area contributed by atoms with Gasteiger partial charge in [0, 0.05) is 0 Å². The zero-order valence-corrected chi connectivity index (χ0v) is 10.5. The van der Waals surface area contributed by atoms with Gasteiger partial charge in [-0.15, -0.1) is 0 Å². The van der Waals surface area contributed by atoms with Crippen LogP contribution in [0.25, 0.3) is 0 Å². The molecule has 0 fully saturated rings. The van der Waals surface area contributed by atoms with Gasteiger partial charge in [-0.1, -0.05) is 0 Å². The van der Waals surface area contributed by atoms with Crippen molar-refractivity contribution < 1.29 is 75.8 Å². The number of carbonyl (C=O) groups is 1. The maximum Gasteiger partial charge on any atom is 0.460 e. The van der Waals surface area contributed by atoms with Crippen molar-refractivity contribution in [3.63, 3.8) is 0 Å². The quantitative estimate of drug-likeness (QED) is 0.629. The van der Waals surface area contributed by atoms with Crippen molar-refractivity contribution in [2.24, 2.45) is 0 Å². The van der Waals surface area contributed by atoms with Gasteiger partial charge in [0.1, 0.15) is 5.97 Å². The standard InChI is InChI=1S/C8HF15O2/c9-2(10,1(24)25)3(11,12)4(13,14)5(15,16)6(17,18)7(19,20)8(21,22)23/h(H,24,25)/p-1. The van der Waals surface area contributed by atoms with Crippen LogP contribution in [0.5, 0.6) is 0 Å². The molecule has 17 heteroatoms. The fraction of sp³-hybridized carbons (Fsp3) is 0.875. The zero-order chi connectivity index (χ0) is 21.1. The van der Waals surface area contributed by atoms with Crippen molar-refractivity contribution in [1.82, 2.24) is 0 Å². The summed E-state index contributed by atoms with van der Waals surface area (Å²) in [6.45, 7) is 0. The Hall–Kier alpha value is -1.58. The summed E-state index contributed by atoms with van der Waals surface area (Å²) < 4.78 is 186. The molecule has 0 atom stereocenters. The molecular weight excluding hydrogens is 413 g/mol. The number of aliphatic carboxylic acids is 1. The number of hydrogen-bond acceptors (Lipinski definition) is 2. The first kappa shape index (κ1) is 23.4. The van der Waals surface area contributed by atoms with Crippen LogP contribution in [-0.2, 0) is 4.79 Å². The van der Waals surface area contributed by atoms with E-state index in [9.17, 15) is 75.8 Å². The van der Waals surface area contributed by atoms with Crippen LogP contribution in [0.4, 0.5) is 65.9 Å². The van der Waals surface area contributed by atoms with Crippen LogP contribution in [0.3, 0.4) is 0 Å². The molecule has 0 aromatic carbocycles. The van der Waals surface area contributed by atoms with Crippen molar-refractivity contribution in [3.8, 4) is 0 Å². The lowest BCUT2D eigenvalue weighted by Crippen LogP contribution is -2.74. The van der Waals surface area contributed by atoms with Crippen LogP contribution in [0.15, 0.2) is 0 Å². The molecule has 150 valence electrons. The number of rotatable bonds is 6. The smallest absolute Gasteiger partial charge is 0.460 e. The highest BCUT2D eigenvalue weighted by molar-refractivity contribution is 5.75. The van der Waals surface area contributed by atoms with Crippen LogP contribution in [0.1, 0.15) is 0 Å². The topological polar surface area (TPSA) is 40.1 Å².